The van der Waals surface area contributed by atoms with Crippen molar-refractivity contribution in [1.29, 1.82) is 0 Å². The topological polar surface area (TPSA) is 93.4 Å². The monoisotopic (exact) mass is 292 g/mol. The Morgan fingerprint density at radius 2 is 1.67 bits per heavy atom. The number of aromatic nitrogens is 2. The Bertz CT molecular complexity index is 748. The highest BCUT2D eigenvalue weighted by molar-refractivity contribution is 5.56. The third-order valence-electron chi connectivity index (χ3n) is 3.06. The summed E-state index contributed by atoms with van der Waals surface area (Å²) in [5.41, 5.74) is 0.187. The number of methoxy groups -OCH3 is 3. The van der Waals surface area contributed by atoms with Gasteiger partial charge in [-0.25, -0.2) is 4.79 Å². The van der Waals surface area contributed by atoms with Crippen molar-refractivity contribution in [3.63, 3.8) is 0 Å². The van der Waals surface area contributed by atoms with Crippen molar-refractivity contribution in [2.75, 3.05) is 21.3 Å². The van der Waals surface area contributed by atoms with Crippen molar-refractivity contribution >= 4 is 0 Å². The van der Waals surface area contributed by atoms with Crippen molar-refractivity contribution in [2.45, 2.75) is 6.42 Å². The minimum absolute atomic E-state index is 0.287. The summed E-state index contributed by atoms with van der Waals surface area (Å²) in [5.74, 6) is 1.48. The molecule has 0 amide bonds. The summed E-state index contributed by atoms with van der Waals surface area (Å²) in [7, 11) is 4.55. The average Bonchev–Trinajstić information content (AvgIpc) is 2.49. The van der Waals surface area contributed by atoms with Gasteiger partial charge in [0.15, 0.2) is 11.5 Å². The Morgan fingerprint density at radius 3 is 2.24 bits per heavy atom. The van der Waals surface area contributed by atoms with Crippen LogP contribution in [0.4, 0.5) is 0 Å². The van der Waals surface area contributed by atoms with E-state index in [0.29, 0.717) is 22.8 Å². The van der Waals surface area contributed by atoms with Gasteiger partial charge >= 0.3 is 5.69 Å². The molecule has 1 aromatic carbocycles. The van der Waals surface area contributed by atoms with Crippen molar-refractivity contribution < 1.29 is 14.2 Å². The third kappa shape index (κ3) is 2.91. The van der Waals surface area contributed by atoms with E-state index in [4.69, 9.17) is 14.2 Å². The van der Waals surface area contributed by atoms with Crippen LogP contribution in [0.2, 0.25) is 0 Å². The van der Waals surface area contributed by atoms with Crippen LogP contribution in [0.3, 0.4) is 0 Å². The lowest BCUT2D eigenvalue weighted by Gasteiger charge is -2.15. The van der Waals surface area contributed by atoms with E-state index in [9.17, 15) is 9.59 Å². The molecule has 7 heteroatoms. The molecule has 0 unspecified atom stereocenters. The smallest absolute Gasteiger partial charge is 0.325 e. The van der Waals surface area contributed by atoms with Gasteiger partial charge in [0, 0.05) is 23.7 Å². The van der Waals surface area contributed by atoms with Crippen LogP contribution >= 0.6 is 0 Å². The maximum atomic E-state index is 11.7. The molecule has 7 nitrogen and oxygen atoms in total. The van der Waals surface area contributed by atoms with E-state index in [1.165, 1.54) is 27.5 Å². The molecule has 2 rings (SSSR count). The zero-order chi connectivity index (χ0) is 15.4. The van der Waals surface area contributed by atoms with Crippen LogP contribution in [0.1, 0.15) is 11.1 Å². The van der Waals surface area contributed by atoms with E-state index in [1.54, 1.807) is 12.1 Å². The average molecular weight is 292 g/mol. The summed E-state index contributed by atoms with van der Waals surface area (Å²) in [6.07, 6.45) is 1.67. The van der Waals surface area contributed by atoms with Crippen molar-refractivity contribution in [2.24, 2.45) is 0 Å². The number of nitrogens with one attached hydrogen (secondary N) is 2. The molecule has 112 valence electrons. The molecule has 1 aromatic heterocycles. The minimum Gasteiger partial charge on any atom is -0.493 e. The molecule has 0 aliphatic carbocycles. The van der Waals surface area contributed by atoms with Crippen LogP contribution in [-0.2, 0) is 6.42 Å². The lowest BCUT2D eigenvalue weighted by molar-refractivity contribution is 0.322. The first kappa shape index (κ1) is 14.7. The molecule has 0 aliphatic heterocycles. The zero-order valence-electron chi connectivity index (χ0n) is 12.0. The molecule has 0 bridgehead atoms. The first-order valence-electron chi connectivity index (χ1n) is 6.19. The van der Waals surface area contributed by atoms with Gasteiger partial charge in [0.1, 0.15) is 0 Å². The fourth-order valence-electron chi connectivity index (χ4n) is 2.08. The molecule has 21 heavy (non-hydrogen) atoms. The van der Waals surface area contributed by atoms with Gasteiger partial charge in [-0.3, -0.25) is 9.78 Å². The van der Waals surface area contributed by atoms with Crippen LogP contribution in [-0.4, -0.2) is 31.3 Å². The summed E-state index contributed by atoms with van der Waals surface area (Å²) in [6.45, 7) is 0. The van der Waals surface area contributed by atoms with Crippen LogP contribution in [0, 0.1) is 0 Å². The molecule has 0 radical (unpaired) electrons. The highest BCUT2D eigenvalue weighted by Gasteiger charge is 2.16. The number of hydrogen-bond acceptors (Lipinski definition) is 5. The Labute approximate surface area is 120 Å². The Hall–Kier alpha value is -2.70. The lowest BCUT2D eigenvalue weighted by atomic mass is 10.1. The van der Waals surface area contributed by atoms with E-state index in [2.05, 4.69) is 9.97 Å². The largest absolute Gasteiger partial charge is 0.493 e. The molecule has 0 saturated carbocycles. The predicted molar refractivity (Wildman–Crippen MR) is 76.6 cm³/mol. The second-order valence-electron chi connectivity index (χ2n) is 4.27. The molecular formula is C14H16N2O5. The molecule has 2 aromatic rings. The summed E-state index contributed by atoms with van der Waals surface area (Å²) in [5, 5.41) is 0. The number of benzene rings is 1. The summed E-state index contributed by atoms with van der Waals surface area (Å²) in [4.78, 5) is 27.4. The molecule has 1 heterocycles. The van der Waals surface area contributed by atoms with E-state index in [-0.39, 0.29) is 6.42 Å². The van der Waals surface area contributed by atoms with Gasteiger partial charge in [-0.05, 0) is 6.07 Å². The van der Waals surface area contributed by atoms with E-state index >= 15 is 0 Å². The van der Waals surface area contributed by atoms with Crippen molar-refractivity contribution in [1.82, 2.24) is 9.97 Å². The van der Waals surface area contributed by atoms with Crippen molar-refractivity contribution in [3.8, 4) is 17.2 Å². The molecule has 0 atom stereocenters. The van der Waals surface area contributed by atoms with Crippen LogP contribution in [0.25, 0.3) is 0 Å². The van der Waals surface area contributed by atoms with Crippen LogP contribution < -0.4 is 25.5 Å². The van der Waals surface area contributed by atoms with E-state index in [0.717, 1.165) is 5.56 Å². The van der Waals surface area contributed by atoms with E-state index < -0.39 is 11.2 Å². The predicted octanol–water partition coefficient (Wildman–Crippen LogP) is 0.680. The first-order chi connectivity index (χ1) is 10.1. The summed E-state index contributed by atoms with van der Waals surface area (Å²) < 4.78 is 15.9. The van der Waals surface area contributed by atoms with Crippen LogP contribution in [0.5, 0.6) is 17.2 Å². The number of hydrogen-bond donors (Lipinski definition) is 2. The first-order valence-corrected chi connectivity index (χ1v) is 6.19. The maximum absolute atomic E-state index is 11.7. The highest BCUT2D eigenvalue weighted by Crippen LogP contribution is 2.40. The quantitative estimate of drug-likeness (QED) is 0.845. The number of H-pyrrole nitrogens is 2. The third-order valence-corrected chi connectivity index (χ3v) is 3.06. The second-order valence-corrected chi connectivity index (χ2v) is 4.27. The van der Waals surface area contributed by atoms with Gasteiger partial charge in [0.25, 0.3) is 5.56 Å². The fourth-order valence-corrected chi connectivity index (χ4v) is 2.08. The number of aromatic amines is 2. The lowest BCUT2D eigenvalue weighted by Crippen LogP contribution is -2.24. The van der Waals surface area contributed by atoms with Gasteiger partial charge in [0.2, 0.25) is 5.75 Å². The molecule has 0 aliphatic rings. The Balaban J connectivity index is 2.49. The normalized spacial score (nSPS) is 10.2. The van der Waals surface area contributed by atoms with Gasteiger partial charge in [0.05, 0.1) is 21.3 Å². The SMILES string of the molecule is COc1ccc(Cc2c[nH]c(=O)[nH]c2=O)c(OC)c1OC. The van der Waals surface area contributed by atoms with Crippen LogP contribution in [0.15, 0.2) is 27.9 Å². The van der Waals surface area contributed by atoms with Gasteiger partial charge < -0.3 is 19.2 Å². The molecule has 0 saturated heterocycles. The number of ether oxygens (including phenoxy) is 3. The summed E-state index contributed by atoms with van der Waals surface area (Å²) in [6, 6.07) is 3.52. The summed E-state index contributed by atoms with van der Waals surface area (Å²) >= 11 is 0. The second kappa shape index (κ2) is 6.17. The number of rotatable bonds is 5. The minimum atomic E-state index is -0.539. The Morgan fingerprint density at radius 1 is 0.952 bits per heavy atom. The maximum Gasteiger partial charge on any atom is 0.325 e. The van der Waals surface area contributed by atoms with Crippen molar-refractivity contribution in [3.05, 3.63) is 50.3 Å². The van der Waals surface area contributed by atoms with E-state index in [1.807, 2.05) is 0 Å². The van der Waals surface area contributed by atoms with Gasteiger partial charge in [-0.2, -0.15) is 0 Å². The molecular weight excluding hydrogens is 276 g/mol. The van der Waals surface area contributed by atoms with Gasteiger partial charge in [-0.1, -0.05) is 6.07 Å². The molecule has 0 fully saturated rings. The zero-order valence-corrected chi connectivity index (χ0v) is 12.0. The molecule has 2 N–H and O–H groups in total. The van der Waals surface area contributed by atoms with Gasteiger partial charge in [-0.15, -0.1) is 0 Å². The Kier molecular flexibility index (Phi) is 4.32. The fraction of sp³-hybridized carbons (Fsp3) is 0.286. The highest BCUT2D eigenvalue weighted by atomic mass is 16.5. The standard InChI is InChI=1S/C14H16N2O5/c1-19-10-5-4-8(11(20-2)12(10)21-3)6-9-7-15-14(18)16-13(9)17/h4-5,7H,6H2,1-3H3,(H2,15,16,17,18). The molecule has 0 spiro atoms.